The number of hydrogen-bond donors (Lipinski definition) is 0. The van der Waals surface area contributed by atoms with E-state index in [1.807, 2.05) is 0 Å². The Hall–Kier alpha value is -2.74. The van der Waals surface area contributed by atoms with Gasteiger partial charge in [-0.05, 0) is 12.1 Å². The van der Waals surface area contributed by atoms with Crippen LogP contribution < -0.4 is 0 Å². The van der Waals surface area contributed by atoms with Crippen molar-refractivity contribution in [3.63, 3.8) is 0 Å². The maximum absolute atomic E-state index is 11.7. The lowest BCUT2D eigenvalue weighted by atomic mass is 9.99. The molecule has 22 heavy (non-hydrogen) atoms. The quantitative estimate of drug-likeness (QED) is 0.469. The van der Waals surface area contributed by atoms with E-state index in [9.17, 15) is 19.7 Å². The Morgan fingerprint density at radius 3 is 2.45 bits per heavy atom. The largest absolute Gasteiger partial charge is 0.466 e. The summed E-state index contributed by atoms with van der Waals surface area (Å²) < 4.78 is 14.4. The minimum atomic E-state index is -0.681. The van der Waals surface area contributed by atoms with Gasteiger partial charge in [-0.15, -0.1) is 0 Å². The number of nitro benzene ring substituents is 1. The van der Waals surface area contributed by atoms with Crippen molar-refractivity contribution < 1.29 is 28.7 Å². The molecule has 116 valence electrons. The second kappa shape index (κ2) is 6.35. The molecule has 0 unspecified atom stereocenters. The fraction of sp³-hybridized carbons (Fsp3) is 0.286. The van der Waals surface area contributed by atoms with E-state index >= 15 is 0 Å². The van der Waals surface area contributed by atoms with Crippen LogP contribution in [-0.2, 0) is 19.0 Å². The first-order chi connectivity index (χ1) is 10.5. The van der Waals surface area contributed by atoms with E-state index in [4.69, 9.17) is 4.74 Å². The number of ether oxygens (including phenoxy) is 3. The summed E-state index contributed by atoms with van der Waals surface area (Å²) in [6.07, 6.45) is 0. The van der Waals surface area contributed by atoms with E-state index in [1.54, 1.807) is 0 Å². The Morgan fingerprint density at radius 1 is 1.18 bits per heavy atom. The number of nitrogens with zero attached hydrogens (tertiary/aromatic N) is 1. The average molecular weight is 307 g/mol. The number of methoxy groups -OCH3 is 2. The van der Waals surface area contributed by atoms with Crippen molar-refractivity contribution in [2.75, 3.05) is 27.4 Å². The maximum atomic E-state index is 11.7. The predicted molar refractivity (Wildman–Crippen MR) is 74.2 cm³/mol. The predicted octanol–water partition coefficient (Wildman–Crippen LogP) is 1.34. The first kappa shape index (κ1) is 15.6. The number of benzene rings is 1. The van der Waals surface area contributed by atoms with Crippen molar-refractivity contribution in [1.29, 1.82) is 0 Å². The lowest BCUT2D eigenvalue weighted by Gasteiger charge is -2.07. The smallest absolute Gasteiger partial charge is 0.338 e. The Labute approximate surface area is 125 Å². The van der Waals surface area contributed by atoms with Crippen molar-refractivity contribution in [1.82, 2.24) is 0 Å². The van der Waals surface area contributed by atoms with E-state index in [0.717, 1.165) is 6.07 Å². The zero-order valence-corrected chi connectivity index (χ0v) is 12.0. The topological polar surface area (TPSA) is 105 Å². The van der Waals surface area contributed by atoms with Crippen LogP contribution in [0.3, 0.4) is 0 Å². The van der Waals surface area contributed by atoms with Gasteiger partial charge in [0.25, 0.3) is 5.69 Å². The van der Waals surface area contributed by atoms with Gasteiger partial charge in [-0.25, -0.2) is 9.59 Å². The molecule has 1 aliphatic heterocycles. The Bertz CT molecular complexity index is 678. The Morgan fingerprint density at radius 2 is 1.86 bits per heavy atom. The highest BCUT2D eigenvalue weighted by Crippen LogP contribution is 2.33. The third kappa shape index (κ3) is 2.82. The monoisotopic (exact) mass is 307 g/mol. The van der Waals surface area contributed by atoms with Crippen LogP contribution in [0.4, 0.5) is 5.69 Å². The van der Waals surface area contributed by atoms with Crippen LogP contribution in [0.15, 0.2) is 23.8 Å². The minimum Gasteiger partial charge on any atom is -0.466 e. The van der Waals surface area contributed by atoms with Crippen molar-refractivity contribution in [3.8, 4) is 0 Å². The lowest BCUT2D eigenvalue weighted by molar-refractivity contribution is -0.385. The van der Waals surface area contributed by atoms with E-state index < -0.39 is 16.9 Å². The van der Waals surface area contributed by atoms with Crippen molar-refractivity contribution >= 4 is 23.2 Å². The van der Waals surface area contributed by atoms with Crippen LogP contribution in [0.5, 0.6) is 0 Å². The van der Waals surface area contributed by atoms with Gasteiger partial charge >= 0.3 is 11.9 Å². The molecule has 0 saturated carbocycles. The number of carbonyl (C=O) groups is 2. The first-order valence-electron chi connectivity index (χ1n) is 6.24. The molecule has 0 radical (unpaired) electrons. The van der Waals surface area contributed by atoms with E-state index in [1.165, 1.54) is 26.4 Å². The number of nitro groups is 1. The van der Waals surface area contributed by atoms with Crippen LogP contribution in [0.2, 0.25) is 0 Å². The highest BCUT2D eigenvalue weighted by molar-refractivity contribution is 6.00. The number of carbonyl (C=O) groups excluding carboxylic acids is 2. The zero-order valence-electron chi connectivity index (χ0n) is 12.0. The summed E-state index contributed by atoms with van der Waals surface area (Å²) in [5.74, 6) is -1.28. The molecule has 0 aliphatic carbocycles. The molecule has 0 N–H and O–H groups in total. The standard InChI is InChI=1S/C14H13NO7/c1-20-13(16)8-3-4-9(12(5-8)15(18)19)10-6-22-7-11(10)14(17)21-2/h3-5H,6-7H2,1-2H3. The second-order valence-corrected chi connectivity index (χ2v) is 4.42. The van der Waals surface area contributed by atoms with Gasteiger partial charge < -0.3 is 14.2 Å². The van der Waals surface area contributed by atoms with Crippen LogP contribution in [0.25, 0.3) is 5.57 Å². The third-order valence-electron chi connectivity index (χ3n) is 3.23. The molecule has 1 aliphatic rings. The van der Waals surface area contributed by atoms with Gasteiger partial charge in [0.15, 0.2) is 0 Å². The Kier molecular flexibility index (Phi) is 4.52. The van der Waals surface area contributed by atoms with Gasteiger partial charge in [-0.3, -0.25) is 10.1 Å². The molecular formula is C14H13NO7. The molecule has 0 atom stereocenters. The van der Waals surface area contributed by atoms with Gasteiger partial charge in [0.2, 0.25) is 0 Å². The van der Waals surface area contributed by atoms with Crippen molar-refractivity contribution in [2.45, 2.75) is 0 Å². The molecule has 1 heterocycles. The van der Waals surface area contributed by atoms with E-state index in [-0.39, 0.29) is 35.6 Å². The molecular weight excluding hydrogens is 294 g/mol. The second-order valence-electron chi connectivity index (χ2n) is 4.42. The molecule has 1 aromatic rings. The molecule has 2 rings (SSSR count). The summed E-state index contributed by atoms with van der Waals surface area (Å²) in [5.41, 5.74) is 0.587. The molecule has 0 fully saturated rings. The molecule has 0 amide bonds. The number of rotatable bonds is 4. The summed E-state index contributed by atoms with van der Waals surface area (Å²) in [5, 5.41) is 11.3. The highest BCUT2D eigenvalue weighted by Gasteiger charge is 2.29. The molecule has 8 heteroatoms. The van der Waals surface area contributed by atoms with Crippen LogP contribution >= 0.6 is 0 Å². The lowest BCUT2D eigenvalue weighted by Crippen LogP contribution is -2.08. The van der Waals surface area contributed by atoms with Gasteiger partial charge in [-0.1, -0.05) is 0 Å². The maximum Gasteiger partial charge on any atom is 0.338 e. The highest BCUT2D eigenvalue weighted by atomic mass is 16.6. The average Bonchev–Trinajstić information content (AvgIpc) is 3.02. The molecule has 0 spiro atoms. The van der Waals surface area contributed by atoms with Gasteiger partial charge in [0.1, 0.15) is 0 Å². The van der Waals surface area contributed by atoms with E-state index in [2.05, 4.69) is 9.47 Å². The molecule has 8 nitrogen and oxygen atoms in total. The fourth-order valence-corrected chi connectivity index (χ4v) is 2.16. The fourth-order valence-electron chi connectivity index (χ4n) is 2.16. The molecule has 1 aromatic carbocycles. The zero-order chi connectivity index (χ0) is 16.3. The van der Waals surface area contributed by atoms with Crippen LogP contribution in [0, 0.1) is 10.1 Å². The summed E-state index contributed by atoms with van der Waals surface area (Å²) in [7, 11) is 2.41. The summed E-state index contributed by atoms with van der Waals surface area (Å²) in [6.45, 7) is 0.0841. The first-order valence-corrected chi connectivity index (χ1v) is 6.24. The summed E-state index contributed by atoms with van der Waals surface area (Å²) in [6, 6.07) is 3.91. The number of hydrogen-bond acceptors (Lipinski definition) is 7. The molecule has 0 aromatic heterocycles. The SMILES string of the molecule is COC(=O)C1=C(c2ccc(C(=O)OC)cc2[N+](=O)[O-])COC1. The number of esters is 2. The molecule has 0 bridgehead atoms. The van der Waals surface area contributed by atoms with Gasteiger partial charge in [-0.2, -0.15) is 0 Å². The summed E-state index contributed by atoms with van der Waals surface area (Å²) >= 11 is 0. The van der Waals surface area contributed by atoms with Crippen LogP contribution in [0.1, 0.15) is 15.9 Å². The van der Waals surface area contributed by atoms with Crippen molar-refractivity contribution in [2.24, 2.45) is 0 Å². The van der Waals surface area contributed by atoms with Crippen LogP contribution in [-0.4, -0.2) is 44.3 Å². The Balaban J connectivity index is 2.58. The van der Waals surface area contributed by atoms with E-state index in [0.29, 0.717) is 5.57 Å². The molecule has 0 saturated heterocycles. The third-order valence-corrected chi connectivity index (χ3v) is 3.23. The minimum absolute atomic E-state index is 0.0257. The van der Waals surface area contributed by atoms with Gasteiger partial charge in [0, 0.05) is 11.6 Å². The van der Waals surface area contributed by atoms with Gasteiger partial charge in [0.05, 0.1) is 49.1 Å². The normalized spacial score (nSPS) is 13.9. The summed E-state index contributed by atoms with van der Waals surface area (Å²) in [4.78, 5) is 33.8. The van der Waals surface area contributed by atoms with Crippen molar-refractivity contribution in [3.05, 3.63) is 45.0 Å².